The summed E-state index contributed by atoms with van der Waals surface area (Å²) in [6.07, 6.45) is 3.32. The van der Waals surface area contributed by atoms with Gasteiger partial charge < -0.3 is 19.9 Å². The number of nitrogens with one attached hydrogen (secondary N) is 1. The highest BCUT2D eigenvalue weighted by molar-refractivity contribution is 6.00. The van der Waals surface area contributed by atoms with Crippen LogP contribution in [0.25, 0.3) is 0 Å². The van der Waals surface area contributed by atoms with Crippen LogP contribution in [0.15, 0.2) is 24.3 Å². The Morgan fingerprint density at radius 3 is 2.85 bits per heavy atom. The predicted octanol–water partition coefficient (Wildman–Crippen LogP) is 1.71. The van der Waals surface area contributed by atoms with Crippen molar-refractivity contribution in [2.75, 3.05) is 31.1 Å². The van der Waals surface area contributed by atoms with Gasteiger partial charge in [0.25, 0.3) is 5.91 Å². The summed E-state index contributed by atoms with van der Waals surface area (Å²) in [5, 5.41) is 2.86. The lowest BCUT2D eigenvalue weighted by Gasteiger charge is -2.32. The molecule has 0 radical (unpaired) electrons. The molecule has 1 unspecified atom stereocenters. The van der Waals surface area contributed by atoms with Crippen LogP contribution < -0.4 is 15.0 Å². The van der Waals surface area contributed by atoms with Gasteiger partial charge >= 0.3 is 0 Å². The normalized spacial score (nSPS) is 20.0. The molecule has 1 aromatic carbocycles. The van der Waals surface area contributed by atoms with Gasteiger partial charge in [0, 0.05) is 39.0 Å². The molecule has 7 heteroatoms. The zero-order valence-electron chi connectivity index (χ0n) is 15.8. The van der Waals surface area contributed by atoms with E-state index >= 15 is 0 Å². The molecule has 1 aromatic rings. The summed E-state index contributed by atoms with van der Waals surface area (Å²) in [6, 6.07) is 7.35. The van der Waals surface area contributed by atoms with E-state index in [-0.39, 0.29) is 24.1 Å². The van der Waals surface area contributed by atoms with Crippen molar-refractivity contribution in [1.82, 2.24) is 10.2 Å². The number of fused-ring (bicyclic) bond motifs is 1. The van der Waals surface area contributed by atoms with E-state index in [4.69, 9.17) is 4.74 Å². The fourth-order valence-electron chi connectivity index (χ4n) is 3.50. The number of para-hydroxylation sites is 2. The lowest BCUT2D eigenvalue weighted by Crippen LogP contribution is -2.46. The first-order valence-corrected chi connectivity index (χ1v) is 9.68. The highest BCUT2D eigenvalue weighted by atomic mass is 16.5. The molecule has 2 heterocycles. The van der Waals surface area contributed by atoms with E-state index in [0.29, 0.717) is 37.5 Å². The first kappa shape index (κ1) is 19.2. The summed E-state index contributed by atoms with van der Waals surface area (Å²) in [5.74, 6) is 0.564. The van der Waals surface area contributed by atoms with Crippen molar-refractivity contribution >= 4 is 23.4 Å². The molecule has 1 saturated heterocycles. The molecule has 1 N–H and O–H groups in total. The molecule has 2 aliphatic rings. The lowest BCUT2D eigenvalue weighted by molar-refractivity contribution is -0.131. The quantitative estimate of drug-likeness (QED) is 0.823. The van der Waals surface area contributed by atoms with Gasteiger partial charge in [-0.1, -0.05) is 18.6 Å². The highest BCUT2D eigenvalue weighted by Crippen LogP contribution is 2.33. The maximum absolute atomic E-state index is 12.4. The number of anilines is 1. The molecule has 0 aliphatic carbocycles. The van der Waals surface area contributed by atoms with E-state index in [9.17, 15) is 14.4 Å². The van der Waals surface area contributed by atoms with Crippen molar-refractivity contribution in [3.63, 3.8) is 0 Å². The molecular formula is C20H27N3O4. The van der Waals surface area contributed by atoms with E-state index < -0.39 is 6.10 Å². The second kappa shape index (κ2) is 8.88. The number of ether oxygens (including phenoxy) is 1. The SMILES string of the molecule is CC1Oc2ccccc2N(CCC(=O)NCCN2CCCCCC2=O)C1=O. The summed E-state index contributed by atoms with van der Waals surface area (Å²) < 4.78 is 5.60. The fraction of sp³-hybridized carbons (Fsp3) is 0.550. The van der Waals surface area contributed by atoms with Crippen LogP contribution in [0.1, 0.15) is 39.0 Å². The number of hydrogen-bond donors (Lipinski definition) is 1. The van der Waals surface area contributed by atoms with E-state index in [1.807, 2.05) is 29.2 Å². The minimum absolute atomic E-state index is 0.123. The van der Waals surface area contributed by atoms with Gasteiger partial charge in [0.2, 0.25) is 11.8 Å². The third kappa shape index (κ3) is 4.78. The van der Waals surface area contributed by atoms with Gasteiger partial charge in [-0.25, -0.2) is 0 Å². The van der Waals surface area contributed by atoms with Crippen molar-refractivity contribution in [3.05, 3.63) is 24.3 Å². The minimum Gasteiger partial charge on any atom is -0.479 e. The fourth-order valence-corrected chi connectivity index (χ4v) is 3.50. The average Bonchev–Trinajstić information content (AvgIpc) is 2.86. The minimum atomic E-state index is -0.558. The predicted molar refractivity (Wildman–Crippen MR) is 102 cm³/mol. The van der Waals surface area contributed by atoms with Crippen molar-refractivity contribution in [2.24, 2.45) is 0 Å². The first-order valence-electron chi connectivity index (χ1n) is 9.68. The van der Waals surface area contributed by atoms with Crippen molar-refractivity contribution < 1.29 is 19.1 Å². The van der Waals surface area contributed by atoms with E-state index in [1.54, 1.807) is 11.8 Å². The molecule has 146 valence electrons. The number of benzene rings is 1. The second-order valence-electron chi connectivity index (χ2n) is 7.01. The van der Waals surface area contributed by atoms with E-state index in [1.165, 1.54) is 0 Å². The smallest absolute Gasteiger partial charge is 0.267 e. The number of carbonyl (C=O) groups is 3. The maximum atomic E-state index is 12.4. The molecule has 1 fully saturated rings. The monoisotopic (exact) mass is 373 g/mol. The Balaban J connectivity index is 1.47. The standard InChI is InChI=1S/C20H27N3O4/c1-15-20(26)23(16-7-4-5-8-17(16)27-15)13-10-18(24)21-11-14-22-12-6-2-3-9-19(22)25/h4-5,7-8,15H,2-3,6,9-14H2,1H3,(H,21,24). The molecule has 1 atom stereocenters. The Morgan fingerprint density at radius 1 is 1.19 bits per heavy atom. The molecule has 0 spiro atoms. The Hall–Kier alpha value is -2.57. The van der Waals surface area contributed by atoms with Crippen LogP contribution in [0.2, 0.25) is 0 Å². The third-order valence-electron chi connectivity index (χ3n) is 5.01. The van der Waals surface area contributed by atoms with Gasteiger partial charge in [0.15, 0.2) is 6.10 Å². The summed E-state index contributed by atoms with van der Waals surface area (Å²) in [5.41, 5.74) is 0.698. The molecule has 0 saturated carbocycles. The molecule has 2 aliphatic heterocycles. The van der Waals surface area contributed by atoms with E-state index in [2.05, 4.69) is 5.32 Å². The van der Waals surface area contributed by atoms with Gasteiger partial charge in [-0.15, -0.1) is 0 Å². The summed E-state index contributed by atoms with van der Waals surface area (Å²) >= 11 is 0. The summed E-state index contributed by atoms with van der Waals surface area (Å²) in [4.78, 5) is 40.0. The van der Waals surface area contributed by atoms with Gasteiger partial charge in [0.1, 0.15) is 5.75 Å². The highest BCUT2D eigenvalue weighted by Gasteiger charge is 2.31. The Labute approximate surface area is 159 Å². The van der Waals surface area contributed by atoms with Crippen molar-refractivity contribution in [2.45, 2.75) is 45.1 Å². The average molecular weight is 373 g/mol. The van der Waals surface area contributed by atoms with Crippen LogP contribution in [0.4, 0.5) is 5.69 Å². The van der Waals surface area contributed by atoms with Crippen molar-refractivity contribution in [3.8, 4) is 5.75 Å². The molecular weight excluding hydrogens is 346 g/mol. The van der Waals surface area contributed by atoms with Gasteiger partial charge in [0.05, 0.1) is 5.69 Å². The third-order valence-corrected chi connectivity index (χ3v) is 5.01. The zero-order chi connectivity index (χ0) is 19.2. The van der Waals surface area contributed by atoms with E-state index in [0.717, 1.165) is 25.8 Å². The molecule has 0 aromatic heterocycles. The lowest BCUT2D eigenvalue weighted by atomic mass is 10.1. The Bertz CT molecular complexity index is 706. The van der Waals surface area contributed by atoms with Crippen LogP contribution in [0, 0.1) is 0 Å². The van der Waals surface area contributed by atoms with Crippen molar-refractivity contribution in [1.29, 1.82) is 0 Å². The topological polar surface area (TPSA) is 79.0 Å². The largest absolute Gasteiger partial charge is 0.479 e. The van der Waals surface area contributed by atoms with Crippen LogP contribution in [0.5, 0.6) is 5.75 Å². The molecule has 0 bridgehead atoms. The molecule has 7 nitrogen and oxygen atoms in total. The Kier molecular flexibility index (Phi) is 6.32. The number of nitrogens with zero attached hydrogens (tertiary/aromatic N) is 2. The number of amides is 3. The van der Waals surface area contributed by atoms with Gasteiger partial charge in [-0.2, -0.15) is 0 Å². The second-order valence-corrected chi connectivity index (χ2v) is 7.01. The summed E-state index contributed by atoms with van der Waals surface area (Å²) in [6.45, 7) is 3.77. The van der Waals surface area contributed by atoms with Crippen LogP contribution in [-0.2, 0) is 14.4 Å². The maximum Gasteiger partial charge on any atom is 0.267 e. The van der Waals surface area contributed by atoms with Crippen LogP contribution >= 0.6 is 0 Å². The molecule has 3 amide bonds. The molecule has 3 rings (SSSR count). The zero-order valence-corrected chi connectivity index (χ0v) is 15.8. The van der Waals surface area contributed by atoms with Crippen LogP contribution in [0.3, 0.4) is 0 Å². The first-order chi connectivity index (χ1) is 13.1. The molecule has 27 heavy (non-hydrogen) atoms. The van der Waals surface area contributed by atoms with Gasteiger partial charge in [-0.3, -0.25) is 14.4 Å². The summed E-state index contributed by atoms with van der Waals surface area (Å²) in [7, 11) is 0. The Morgan fingerprint density at radius 2 is 2.00 bits per heavy atom. The number of rotatable bonds is 6. The number of hydrogen-bond acceptors (Lipinski definition) is 4. The number of carbonyl (C=O) groups excluding carboxylic acids is 3. The number of likely N-dealkylation sites (tertiary alicyclic amines) is 1. The van der Waals surface area contributed by atoms with Gasteiger partial charge in [-0.05, 0) is 31.9 Å². The van der Waals surface area contributed by atoms with Crippen LogP contribution in [-0.4, -0.2) is 54.9 Å².